The molecule has 0 spiro atoms. The first-order valence-electron chi connectivity index (χ1n) is 14.4. The quantitative estimate of drug-likeness (QED) is 0.203. The number of primary amides is 1. The van der Waals surface area contributed by atoms with Crippen molar-refractivity contribution in [2.24, 2.45) is 5.73 Å². The van der Waals surface area contributed by atoms with Crippen LogP contribution in [0.25, 0.3) is 22.2 Å². The van der Waals surface area contributed by atoms with Crippen molar-refractivity contribution >= 4 is 34.3 Å². The number of hydrogen-bond donors (Lipinski definition) is 4. The molecule has 4 aromatic rings. The van der Waals surface area contributed by atoms with E-state index >= 15 is 0 Å². The van der Waals surface area contributed by atoms with Crippen molar-refractivity contribution in [3.63, 3.8) is 0 Å². The van der Waals surface area contributed by atoms with E-state index in [2.05, 4.69) is 20.6 Å². The van der Waals surface area contributed by atoms with E-state index in [-0.39, 0.29) is 43.0 Å². The first kappa shape index (κ1) is 29.2. The summed E-state index contributed by atoms with van der Waals surface area (Å²) in [5, 5.41) is 18.0. The number of hydrogen-bond acceptors (Lipinski definition) is 7. The lowest BCUT2D eigenvalue weighted by Crippen LogP contribution is -2.40. The normalized spacial score (nSPS) is 18.6. The van der Waals surface area contributed by atoms with E-state index in [1.54, 1.807) is 44.3 Å². The molecule has 0 saturated heterocycles. The number of ketones is 1. The van der Waals surface area contributed by atoms with E-state index in [4.69, 9.17) is 10.5 Å². The topological polar surface area (TPSA) is 157 Å². The van der Waals surface area contributed by atoms with Crippen LogP contribution in [0.15, 0.2) is 60.8 Å². The Morgan fingerprint density at radius 1 is 1.16 bits per heavy atom. The van der Waals surface area contributed by atoms with E-state index in [0.29, 0.717) is 44.7 Å². The van der Waals surface area contributed by atoms with Crippen LogP contribution in [0.3, 0.4) is 0 Å². The molecule has 3 amide bonds. The van der Waals surface area contributed by atoms with Gasteiger partial charge < -0.3 is 26.2 Å². The standard InChI is InChI=1S/C33H32FN5O5/c1-32(30(35)41)17-44-29-23(32)16-26(39-28(29)18-5-7-21(34)8-6-18)33(2,43)12-11-25(40)20-14-19-4-3-13-36-27(19)24(15-20)38-31(42)37-22-9-10-22/h3-8,13-16,22,43H,9-12,17H2,1-2H3,(H2,35,41)(H2,37,38,42)/t32-,33-/m0/s1. The van der Waals surface area contributed by atoms with Crippen molar-refractivity contribution < 1.29 is 28.6 Å². The molecule has 10 nitrogen and oxygen atoms in total. The maximum Gasteiger partial charge on any atom is 0.319 e. The van der Waals surface area contributed by atoms with Gasteiger partial charge in [0.2, 0.25) is 5.91 Å². The average Bonchev–Trinajstić information content (AvgIpc) is 3.75. The zero-order chi connectivity index (χ0) is 31.2. The number of urea groups is 1. The predicted octanol–water partition coefficient (Wildman–Crippen LogP) is 4.73. The molecule has 226 valence electrons. The summed E-state index contributed by atoms with van der Waals surface area (Å²) in [6, 6.07) is 13.9. The summed E-state index contributed by atoms with van der Waals surface area (Å²) in [6.07, 6.45) is 3.42. The SMILES string of the molecule is C[C@](O)(CCC(=O)c1cc(NC(=O)NC2CC2)c2ncccc2c1)c1cc2c(c(-c3ccc(F)cc3)n1)OC[C@]2(C)C(N)=O. The molecule has 1 fully saturated rings. The van der Waals surface area contributed by atoms with E-state index in [1.807, 2.05) is 6.07 Å². The van der Waals surface area contributed by atoms with Gasteiger partial charge in [-0.3, -0.25) is 14.6 Å². The Labute approximate surface area is 252 Å². The highest BCUT2D eigenvalue weighted by Crippen LogP contribution is 2.46. The first-order chi connectivity index (χ1) is 20.9. The molecule has 6 rings (SSSR count). The molecule has 1 aliphatic carbocycles. The van der Waals surface area contributed by atoms with Crippen LogP contribution in [-0.2, 0) is 15.8 Å². The van der Waals surface area contributed by atoms with Crippen molar-refractivity contribution in [3.8, 4) is 17.0 Å². The number of ether oxygens (including phenoxy) is 1. The number of pyridine rings is 2. The number of carbonyl (C=O) groups excluding carboxylic acids is 3. The minimum Gasteiger partial charge on any atom is -0.489 e. The van der Waals surface area contributed by atoms with Gasteiger partial charge in [-0.1, -0.05) is 6.07 Å². The second-order valence-corrected chi connectivity index (χ2v) is 11.9. The summed E-state index contributed by atoms with van der Waals surface area (Å²) >= 11 is 0. The Balaban J connectivity index is 1.29. The molecule has 0 unspecified atom stereocenters. The Hall–Kier alpha value is -4.90. The maximum atomic E-state index is 13.7. The van der Waals surface area contributed by atoms with Crippen LogP contribution in [0.5, 0.6) is 5.75 Å². The Kier molecular flexibility index (Phi) is 7.28. The van der Waals surface area contributed by atoms with Crippen molar-refractivity contribution in [2.75, 3.05) is 11.9 Å². The third-order valence-electron chi connectivity index (χ3n) is 8.31. The van der Waals surface area contributed by atoms with Gasteiger partial charge in [0.05, 0.1) is 16.9 Å². The molecule has 2 aliphatic rings. The van der Waals surface area contributed by atoms with E-state index in [9.17, 15) is 23.9 Å². The molecular weight excluding hydrogens is 565 g/mol. The van der Waals surface area contributed by atoms with Gasteiger partial charge >= 0.3 is 6.03 Å². The number of aliphatic hydroxyl groups is 1. The van der Waals surface area contributed by atoms with Gasteiger partial charge in [-0.15, -0.1) is 0 Å². The smallest absolute Gasteiger partial charge is 0.319 e. The number of fused-ring (bicyclic) bond motifs is 2. The molecule has 5 N–H and O–H groups in total. The fourth-order valence-electron chi connectivity index (χ4n) is 5.32. The molecule has 1 saturated carbocycles. The number of nitrogens with zero attached hydrogens (tertiary/aromatic N) is 2. The number of halogens is 1. The second kappa shape index (κ2) is 11.0. The summed E-state index contributed by atoms with van der Waals surface area (Å²) < 4.78 is 19.6. The van der Waals surface area contributed by atoms with E-state index < -0.39 is 22.7 Å². The van der Waals surface area contributed by atoms with E-state index in [1.165, 1.54) is 24.3 Å². The number of rotatable bonds is 9. The van der Waals surface area contributed by atoms with Crippen LogP contribution in [-0.4, -0.2) is 45.4 Å². The molecular formula is C33H32FN5O5. The van der Waals surface area contributed by atoms with Crippen LogP contribution in [0.1, 0.15) is 61.1 Å². The predicted molar refractivity (Wildman–Crippen MR) is 162 cm³/mol. The van der Waals surface area contributed by atoms with Gasteiger partial charge in [-0.2, -0.15) is 0 Å². The molecule has 0 bridgehead atoms. The molecule has 2 aromatic heterocycles. The lowest BCUT2D eigenvalue weighted by Gasteiger charge is -2.26. The molecule has 0 radical (unpaired) electrons. The zero-order valence-electron chi connectivity index (χ0n) is 24.3. The summed E-state index contributed by atoms with van der Waals surface area (Å²) in [5.41, 5.74) is 5.82. The van der Waals surface area contributed by atoms with Gasteiger partial charge in [-0.25, -0.2) is 14.2 Å². The Bertz CT molecular complexity index is 1800. The summed E-state index contributed by atoms with van der Waals surface area (Å²) in [6.45, 7) is 3.19. The van der Waals surface area contributed by atoms with Crippen molar-refractivity contribution in [1.29, 1.82) is 0 Å². The second-order valence-electron chi connectivity index (χ2n) is 11.9. The monoisotopic (exact) mass is 597 g/mol. The summed E-state index contributed by atoms with van der Waals surface area (Å²) in [5.74, 6) is -0.952. The van der Waals surface area contributed by atoms with Crippen LogP contribution >= 0.6 is 0 Å². The molecule has 3 heterocycles. The molecule has 1 aliphatic heterocycles. The Morgan fingerprint density at radius 3 is 2.61 bits per heavy atom. The van der Waals surface area contributed by atoms with Gasteiger partial charge in [0, 0.05) is 40.7 Å². The highest BCUT2D eigenvalue weighted by Gasteiger charge is 2.45. The minimum atomic E-state index is -1.61. The molecule has 11 heteroatoms. The lowest BCUT2D eigenvalue weighted by atomic mass is 9.81. The number of benzene rings is 2. The molecule has 44 heavy (non-hydrogen) atoms. The third kappa shape index (κ3) is 5.58. The van der Waals surface area contributed by atoms with Crippen molar-refractivity contribution in [3.05, 3.63) is 83.4 Å². The fourth-order valence-corrected chi connectivity index (χ4v) is 5.32. The number of nitrogens with two attached hydrogens (primary N) is 1. The number of aromatic nitrogens is 2. The van der Waals surface area contributed by atoms with Crippen molar-refractivity contribution in [1.82, 2.24) is 15.3 Å². The van der Waals surface area contributed by atoms with Gasteiger partial charge in [-0.05, 0) is 81.6 Å². The number of anilines is 1. The zero-order valence-corrected chi connectivity index (χ0v) is 24.3. The number of carbonyl (C=O) groups is 3. The largest absolute Gasteiger partial charge is 0.489 e. The molecule has 2 aromatic carbocycles. The number of amides is 3. The first-order valence-corrected chi connectivity index (χ1v) is 14.4. The number of Topliss-reactive ketones (excluding diaryl/α,β-unsaturated/α-hetero) is 1. The number of nitrogens with one attached hydrogen (secondary N) is 2. The van der Waals surface area contributed by atoms with Crippen molar-refractivity contribution in [2.45, 2.75) is 56.6 Å². The summed E-state index contributed by atoms with van der Waals surface area (Å²) in [7, 11) is 0. The van der Waals surface area contributed by atoms with Gasteiger partial charge in [0.25, 0.3) is 0 Å². The highest BCUT2D eigenvalue weighted by molar-refractivity contribution is 6.06. The average molecular weight is 598 g/mol. The minimum absolute atomic E-state index is 0.00930. The lowest BCUT2D eigenvalue weighted by molar-refractivity contribution is -0.123. The third-order valence-corrected chi connectivity index (χ3v) is 8.31. The van der Waals surface area contributed by atoms with E-state index in [0.717, 1.165) is 12.8 Å². The van der Waals surface area contributed by atoms with Crippen LogP contribution < -0.4 is 21.1 Å². The summed E-state index contributed by atoms with van der Waals surface area (Å²) in [4.78, 5) is 47.5. The van der Waals surface area contributed by atoms with Gasteiger partial charge in [0.1, 0.15) is 34.9 Å². The van der Waals surface area contributed by atoms with Crippen LogP contribution in [0, 0.1) is 5.82 Å². The molecule has 2 atom stereocenters. The maximum absolute atomic E-state index is 13.7. The highest BCUT2D eigenvalue weighted by atomic mass is 19.1. The van der Waals surface area contributed by atoms with Gasteiger partial charge in [0.15, 0.2) is 5.78 Å². The van der Waals surface area contributed by atoms with Crippen LogP contribution in [0.4, 0.5) is 14.9 Å². The van der Waals surface area contributed by atoms with Crippen LogP contribution in [0.2, 0.25) is 0 Å². The fraction of sp³-hybridized carbons (Fsp3) is 0.303. The Morgan fingerprint density at radius 2 is 1.91 bits per heavy atom.